The van der Waals surface area contributed by atoms with Gasteiger partial charge in [-0.15, -0.1) is 0 Å². The van der Waals surface area contributed by atoms with Gasteiger partial charge in [-0.05, 0) is 51.4 Å². The van der Waals surface area contributed by atoms with Gasteiger partial charge in [0.1, 0.15) is 0 Å². The molecule has 0 radical (unpaired) electrons. The Hall–Kier alpha value is -1.40. The molecule has 3 N–H and O–H groups in total. The minimum Gasteiger partial charge on any atom is -0.466 e. The summed E-state index contributed by atoms with van der Waals surface area (Å²) in [5.41, 5.74) is 0. The summed E-state index contributed by atoms with van der Waals surface area (Å²) in [6.07, 6.45) is 106. The molecule has 554 valence electrons. The highest BCUT2D eigenvalue weighted by atomic mass is 16.5. The van der Waals surface area contributed by atoms with E-state index < -0.39 is 12.1 Å². The molecule has 6 nitrogen and oxygen atoms in total. The average molecular weight is 1310 g/mol. The minimum atomic E-state index is -0.660. The van der Waals surface area contributed by atoms with Crippen LogP contribution in [-0.2, 0) is 14.3 Å². The van der Waals surface area contributed by atoms with E-state index in [0.717, 1.165) is 38.5 Å². The van der Waals surface area contributed by atoms with Crippen LogP contribution in [0.2, 0.25) is 0 Å². The summed E-state index contributed by atoms with van der Waals surface area (Å²) >= 11 is 0. The molecule has 0 bridgehead atoms. The van der Waals surface area contributed by atoms with E-state index >= 15 is 0 Å². The molecule has 1 amide bonds. The number of rotatable bonds is 83. The number of hydrogen-bond donors (Lipinski definition) is 3. The SMILES string of the molecule is CCCCCCCC/C=C\CCCCCCCCCCCC(=O)OCCCCCCCCCCCCCCCCCCCCCCCCCCCCCCCCCCCCCCCCCC(=O)NC(CO)C(O)CCCCCCCCCCCCCCCCCCCC. The monoisotopic (exact) mass is 1310 g/mol. The molecule has 0 aliphatic heterocycles. The summed E-state index contributed by atoms with van der Waals surface area (Å²) in [5.74, 6) is 0.00159. The van der Waals surface area contributed by atoms with Gasteiger partial charge in [0.25, 0.3) is 0 Å². The number of allylic oxidation sites excluding steroid dienone is 2. The first kappa shape index (κ1) is 91.6. The van der Waals surface area contributed by atoms with Crippen molar-refractivity contribution in [2.75, 3.05) is 13.2 Å². The number of carbonyl (C=O) groups is 2. The van der Waals surface area contributed by atoms with E-state index in [9.17, 15) is 19.8 Å². The summed E-state index contributed by atoms with van der Waals surface area (Å²) in [6.45, 7) is 5.01. The van der Waals surface area contributed by atoms with Crippen LogP contribution < -0.4 is 5.32 Å². The maximum Gasteiger partial charge on any atom is 0.305 e. The van der Waals surface area contributed by atoms with Crippen LogP contribution in [0.15, 0.2) is 12.2 Å². The maximum absolute atomic E-state index is 12.6. The lowest BCUT2D eigenvalue weighted by Gasteiger charge is -2.22. The fourth-order valence-corrected chi connectivity index (χ4v) is 14.2. The van der Waals surface area contributed by atoms with E-state index in [-0.39, 0.29) is 18.5 Å². The van der Waals surface area contributed by atoms with Crippen molar-refractivity contribution in [1.29, 1.82) is 0 Å². The minimum absolute atomic E-state index is 0.0235. The van der Waals surface area contributed by atoms with Gasteiger partial charge in [0.15, 0.2) is 0 Å². The van der Waals surface area contributed by atoms with Crippen LogP contribution in [0.25, 0.3) is 0 Å². The van der Waals surface area contributed by atoms with E-state index in [4.69, 9.17) is 4.74 Å². The smallest absolute Gasteiger partial charge is 0.305 e. The molecule has 2 unspecified atom stereocenters. The Morgan fingerprint density at radius 1 is 0.290 bits per heavy atom. The zero-order valence-corrected chi connectivity index (χ0v) is 63.8. The highest BCUT2D eigenvalue weighted by Crippen LogP contribution is 2.21. The van der Waals surface area contributed by atoms with Gasteiger partial charge in [0.05, 0.1) is 25.4 Å². The molecule has 0 aromatic heterocycles. The van der Waals surface area contributed by atoms with Gasteiger partial charge < -0.3 is 20.3 Å². The van der Waals surface area contributed by atoms with E-state index in [1.807, 2.05) is 0 Å². The Morgan fingerprint density at radius 3 is 0.763 bits per heavy atom. The molecule has 0 heterocycles. The number of aliphatic hydroxyl groups excluding tert-OH is 2. The van der Waals surface area contributed by atoms with Crippen LogP contribution in [0.1, 0.15) is 508 Å². The fourth-order valence-electron chi connectivity index (χ4n) is 14.2. The summed E-state index contributed by atoms with van der Waals surface area (Å²) in [6, 6.07) is -0.537. The predicted molar refractivity (Wildman–Crippen MR) is 412 cm³/mol. The van der Waals surface area contributed by atoms with Crippen molar-refractivity contribution >= 4 is 11.9 Å². The summed E-state index contributed by atoms with van der Waals surface area (Å²) < 4.78 is 5.52. The van der Waals surface area contributed by atoms with Crippen LogP contribution in [0.4, 0.5) is 0 Å². The fraction of sp³-hybridized carbons (Fsp3) is 0.954. The number of nitrogens with one attached hydrogen (secondary N) is 1. The van der Waals surface area contributed by atoms with Gasteiger partial charge in [0.2, 0.25) is 5.91 Å². The first-order valence-electron chi connectivity index (χ1n) is 43.4. The zero-order chi connectivity index (χ0) is 67.0. The Balaban J connectivity index is 3.28. The lowest BCUT2D eigenvalue weighted by Crippen LogP contribution is -2.45. The van der Waals surface area contributed by atoms with Gasteiger partial charge in [-0.2, -0.15) is 0 Å². The molecule has 6 heteroatoms. The molecule has 93 heavy (non-hydrogen) atoms. The molecule has 0 saturated heterocycles. The molecular weight excluding hydrogens is 1140 g/mol. The standard InChI is InChI=1S/C87H171NO5/c1-3-5-7-9-11-13-15-17-19-21-44-49-53-57-61-65-69-73-77-81-87(92)93-82-78-74-70-66-62-58-54-50-46-43-41-39-37-35-33-31-29-27-25-23-24-26-28-30-32-34-36-38-40-42-45-48-52-56-60-64-68-72-76-80-86(91)88-84(83-89)85(90)79-75-71-67-63-59-55-51-47-22-20-18-16-14-12-10-8-6-4-2/h17,19,84-85,89-90H,3-16,18,20-83H2,1-2H3,(H,88,91)/b19-17-. The molecule has 0 spiro atoms. The molecule has 0 aromatic rings. The van der Waals surface area contributed by atoms with Crippen molar-refractivity contribution in [3.05, 3.63) is 12.2 Å². The summed E-state index contributed by atoms with van der Waals surface area (Å²) in [4.78, 5) is 24.7. The first-order chi connectivity index (χ1) is 46.0. The lowest BCUT2D eigenvalue weighted by molar-refractivity contribution is -0.143. The number of ether oxygens (including phenoxy) is 1. The van der Waals surface area contributed by atoms with Crippen molar-refractivity contribution in [2.45, 2.75) is 520 Å². The third-order valence-corrected chi connectivity index (χ3v) is 20.8. The number of esters is 1. The number of carbonyl (C=O) groups excluding carboxylic acids is 2. The van der Waals surface area contributed by atoms with Gasteiger partial charge in [0, 0.05) is 12.8 Å². The molecule has 0 aromatic carbocycles. The number of aliphatic hydroxyl groups is 2. The van der Waals surface area contributed by atoms with Gasteiger partial charge in [-0.1, -0.05) is 456 Å². The van der Waals surface area contributed by atoms with Crippen molar-refractivity contribution in [3.8, 4) is 0 Å². The van der Waals surface area contributed by atoms with Crippen molar-refractivity contribution in [2.24, 2.45) is 0 Å². The van der Waals surface area contributed by atoms with Gasteiger partial charge in [-0.25, -0.2) is 0 Å². The Morgan fingerprint density at radius 2 is 0.505 bits per heavy atom. The molecule has 0 aliphatic carbocycles. The van der Waals surface area contributed by atoms with Gasteiger partial charge >= 0.3 is 5.97 Å². The van der Waals surface area contributed by atoms with E-state index in [2.05, 4.69) is 31.3 Å². The lowest BCUT2D eigenvalue weighted by atomic mass is 10.0. The second kappa shape index (κ2) is 83.0. The topological polar surface area (TPSA) is 95.9 Å². The van der Waals surface area contributed by atoms with Crippen LogP contribution in [0, 0.1) is 0 Å². The van der Waals surface area contributed by atoms with Crippen molar-refractivity contribution in [3.63, 3.8) is 0 Å². The third kappa shape index (κ3) is 79.5. The second-order valence-corrected chi connectivity index (χ2v) is 30.2. The quantitative estimate of drug-likeness (QED) is 0.0320. The number of amides is 1. The first-order valence-corrected chi connectivity index (χ1v) is 43.4. The Kier molecular flexibility index (Phi) is 81.8. The summed E-state index contributed by atoms with van der Waals surface area (Å²) in [7, 11) is 0. The highest BCUT2D eigenvalue weighted by Gasteiger charge is 2.20. The number of hydrogen-bond acceptors (Lipinski definition) is 5. The van der Waals surface area contributed by atoms with Crippen molar-refractivity contribution in [1.82, 2.24) is 5.32 Å². The Bertz CT molecular complexity index is 1420. The Labute approximate surface area is 584 Å². The zero-order valence-electron chi connectivity index (χ0n) is 63.8. The third-order valence-electron chi connectivity index (χ3n) is 20.8. The molecule has 0 saturated carbocycles. The molecule has 0 fully saturated rings. The van der Waals surface area contributed by atoms with Crippen LogP contribution in [0.5, 0.6) is 0 Å². The highest BCUT2D eigenvalue weighted by molar-refractivity contribution is 5.76. The largest absolute Gasteiger partial charge is 0.466 e. The van der Waals surface area contributed by atoms with E-state index in [0.29, 0.717) is 25.9 Å². The second-order valence-electron chi connectivity index (χ2n) is 30.2. The van der Waals surface area contributed by atoms with E-state index in [1.165, 1.54) is 437 Å². The predicted octanol–water partition coefficient (Wildman–Crippen LogP) is 29.0. The van der Waals surface area contributed by atoms with E-state index in [1.54, 1.807) is 0 Å². The van der Waals surface area contributed by atoms with Crippen molar-refractivity contribution < 1.29 is 24.5 Å². The summed E-state index contributed by atoms with van der Waals surface area (Å²) in [5, 5.41) is 23.4. The average Bonchev–Trinajstić information content (AvgIpc) is 3.68. The maximum atomic E-state index is 12.6. The molecule has 2 atom stereocenters. The number of unbranched alkanes of at least 4 members (excludes halogenated alkanes) is 70. The van der Waals surface area contributed by atoms with Crippen LogP contribution >= 0.6 is 0 Å². The van der Waals surface area contributed by atoms with Crippen LogP contribution in [0.3, 0.4) is 0 Å². The molecular formula is C87H171NO5. The van der Waals surface area contributed by atoms with Gasteiger partial charge in [-0.3, -0.25) is 9.59 Å². The normalized spacial score (nSPS) is 12.4. The molecule has 0 rings (SSSR count). The van der Waals surface area contributed by atoms with Crippen LogP contribution in [-0.4, -0.2) is 47.4 Å². The molecule has 0 aliphatic rings.